The van der Waals surface area contributed by atoms with Crippen molar-refractivity contribution in [1.29, 1.82) is 0 Å². The number of hydrogen-bond acceptors (Lipinski definition) is 2. The minimum absolute atomic E-state index is 0.0513. The molecule has 1 aromatic rings. The molecular formula is C14H16O2S. The Kier molecular flexibility index (Phi) is 2.96. The largest absolute Gasteiger partial charge is 0.219 e. The van der Waals surface area contributed by atoms with Crippen LogP contribution in [0.4, 0.5) is 0 Å². The second kappa shape index (κ2) is 4.15. The Balaban J connectivity index is 2.37. The third-order valence-electron chi connectivity index (χ3n) is 2.89. The van der Waals surface area contributed by atoms with E-state index in [-0.39, 0.29) is 5.41 Å². The van der Waals surface area contributed by atoms with Gasteiger partial charge in [0, 0.05) is 0 Å². The second-order valence-corrected chi connectivity index (χ2v) is 6.90. The molecule has 0 atom stereocenters. The molecule has 0 fully saturated rings. The first-order valence-electron chi connectivity index (χ1n) is 5.61. The molecule has 1 aromatic carbocycles. The van der Waals surface area contributed by atoms with Gasteiger partial charge < -0.3 is 0 Å². The highest BCUT2D eigenvalue weighted by molar-refractivity contribution is 7.95. The molecule has 0 radical (unpaired) electrons. The van der Waals surface area contributed by atoms with E-state index in [2.05, 4.69) is 13.8 Å². The van der Waals surface area contributed by atoms with Gasteiger partial charge in [0.2, 0.25) is 9.84 Å². The maximum Gasteiger partial charge on any atom is 0.206 e. The van der Waals surface area contributed by atoms with Crippen LogP contribution in [0.15, 0.2) is 58.4 Å². The van der Waals surface area contributed by atoms with E-state index in [9.17, 15) is 8.42 Å². The van der Waals surface area contributed by atoms with E-state index in [1.165, 1.54) is 0 Å². The molecule has 0 heterocycles. The van der Waals surface area contributed by atoms with Gasteiger partial charge in [0.25, 0.3) is 0 Å². The van der Waals surface area contributed by atoms with E-state index in [0.717, 1.165) is 6.42 Å². The van der Waals surface area contributed by atoms with Gasteiger partial charge in [-0.2, -0.15) is 0 Å². The highest BCUT2D eigenvalue weighted by Crippen LogP contribution is 2.32. The highest BCUT2D eigenvalue weighted by atomic mass is 32.2. The van der Waals surface area contributed by atoms with Crippen molar-refractivity contribution >= 4 is 9.84 Å². The normalized spacial score (nSPS) is 18.8. The fourth-order valence-electron chi connectivity index (χ4n) is 1.74. The maximum absolute atomic E-state index is 12.3. The summed E-state index contributed by atoms with van der Waals surface area (Å²) in [6.45, 7) is 4.18. The lowest BCUT2D eigenvalue weighted by Gasteiger charge is -2.22. The van der Waals surface area contributed by atoms with Crippen molar-refractivity contribution in [2.45, 2.75) is 25.2 Å². The summed E-state index contributed by atoms with van der Waals surface area (Å²) in [7, 11) is -3.34. The highest BCUT2D eigenvalue weighted by Gasteiger charge is 2.23. The summed E-state index contributed by atoms with van der Waals surface area (Å²) in [5.41, 5.74) is 0.0513. The Labute approximate surface area is 103 Å². The van der Waals surface area contributed by atoms with Gasteiger partial charge in [-0.1, -0.05) is 44.2 Å². The van der Waals surface area contributed by atoms with E-state index < -0.39 is 9.84 Å². The Morgan fingerprint density at radius 2 is 1.76 bits per heavy atom. The first-order valence-corrected chi connectivity index (χ1v) is 7.10. The fourth-order valence-corrected chi connectivity index (χ4v) is 3.08. The smallest absolute Gasteiger partial charge is 0.206 e. The average molecular weight is 248 g/mol. The summed E-state index contributed by atoms with van der Waals surface area (Å²) in [6, 6.07) is 8.55. The zero-order chi connectivity index (χ0) is 12.5. The molecule has 0 saturated carbocycles. The number of benzene rings is 1. The van der Waals surface area contributed by atoms with Crippen LogP contribution >= 0.6 is 0 Å². The summed E-state index contributed by atoms with van der Waals surface area (Å²) in [6.07, 6.45) is 6.24. The molecule has 90 valence electrons. The predicted octanol–water partition coefficient (Wildman–Crippen LogP) is 3.33. The van der Waals surface area contributed by atoms with Crippen LogP contribution in [-0.2, 0) is 9.84 Å². The first kappa shape index (κ1) is 12.1. The lowest BCUT2D eigenvalue weighted by Crippen LogP contribution is -2.13. The summed E-state index contributed by atoms with van der Waals surface area (Å²) < 4.78 is 24.6. The predicted molar refractivity (Wildman–Crippen MR) is 69.2 cm³/mol. The lowest BCUT2D eigenvalue weighted by molar-refractivity contribution is 0.483. The van der Waals surface area contributed by atoms with Crippen molar-refractivity contribution in [3.05, 3.63) is 53.5 Å². The van der Waals surface area contributed by atoms with E-state index in [1.54, 1.807) is 30.3 Å². The van der Waals surface area contributed by atoms with Crippen molar-refractivity contribution < 1.29 is 8.42 Å². The summed E-state index contributed by atoms with van der Waals surface area (Å²) in [5.74, 6) is 0. The average Bonchev–Trinajstić information content (AvgIpc) is 2.29. The van der Waals surface area contributed by atoms with Gasteiger partial charge in [-0.25, -0.2) is 8.42 Å². The molecule has 0 amide bonds. The van der Waals surface area contributed by atoms with Crippen molar-refractivity contribution in [3.8, 4) is 0 Å². The standard InChI is InChI=1S/C14H16O2S/c1-14(2)10-8-13(9-11-14)17(15,16)12-6-4-3-5-7-12/h3-10H,11H2,1-2H3. The van der Waals surface area contributed by atoms with Crippen LogP contribution in [0.5, 0.6) is 0 Å². The molecule has 0 bridgehead atoms. The first-order chi connectivity index (χ1) is 7.92. The van der Waals surface area contributed by atoms with E-state index in [4.69, 9.17) is 0 Å². The van der Waals surface area contributed by atoms with E-state index in [0.29, 0.717) is 9.80 Å². The maximum atomic E-state index is 12.3. The topological polar surface area (TPSA) is 34.1 Å². The molecule has 1 aliphatic rings. The Bertz CT molecular complexity index is 563. The van der Waals surface area contributed by atoms with Crippen LogP contribution in [0.1, 0.15) is 20.3 Å². The Hall–Kier alpha value is -1.35. The summed E-state index contributed by atoms with van der Waals surface area (Å²) >= 11 is 0. The molecule has 0 unspecified atom stereocenters. The van der Waals surface area contributed by atoms with Gasteiger partial charge in [-0.3, -0.25) is 0 Å². The fraction of sp³-hybridized carbons (Fsp3) is 0.286. The number of rotatable bonds is 2. The minimum Gasteiger partial charge on any atom is -0.219 e. The van der Waals surface area contributed by atoms with Crippen molar-refractivity contribution in [2.24, 2.45) is 5.41 Å². The number of sulfone groups is 1. The van der Waals surface area contributed by atoms with Crippen LogP contribution in [0.3, 0.4) is 0 Å². The van der Waals surface area contributed by atoms with Gasteiger partial charge in [-0.05, 0) is 30.0 Å². The second-order valence-electron chi connectivity index (χ2n) is 4.95. The van der Waals surface area contributed by atoms with Crippen LogP contribution in [0.25, 0.3) is 0 Å². The van der Waals surface area contributed by atoms with Crippen molar-refractivity contribution in [2.75, 3.05) is 0 Å². The minimum atomic E-state index is -3.34. The molecule has 0 spiro atoms. The van der Waals surface area contributed by atoms with Crippen molar-refractivity contribution in [1.82, 2.24) is 0 Å². The summed E-state index contributed by atoms with van der Waals surface area (Å²) in [4.78, 5) is 0.763. The molecular weight excluding hydrogens is 232 g/mol. The zero-order valence-corrected chi connectivity index (χ0v) is 10.9. The van der Waals surface area contributed by atoms with Gasteiger partial charge >= 0.3 is 0 Å². The lowest BCUT2D eigenvalue weighted by atomic mass is 9.86. The molecule has 0 saturated heterocycles. The molecule has 1 aliphatic carbocycles. The van der Waals surface area contributed by atoms with Gasteiger partial charge in [0.05, 0.1) is 9.80 Å². The quantitative estimate of drug-likeness (QED) is 0.804. The van der Waals surface area contributed by atoms with Gasteiger partial charge in [0.1, 0.15) is 0 Å². The Morgan fingerprint density at radius 3 is 2.29 bits per heavy atom. The third kappa shape index (κ3) is 2.50. The molecule has 2 rings (SSSR count). The molecule has 2 nitrogen and oxygen atoms in total. The van der Waals surface area contributed by atoms with Gasteiger partial charge in [-0.15, -0.1) is 0 Å². The number of hydrogen-bond donors (Lipinski definition) is 0. The van der Waals surface area contributed by atoms with Gasteiger partial charge in [0.15, 0.2) is 0 Å². The molecule has 0 aromatic heterocycles. The molecule has 3 heteroatoms. The summed E-state index contributed by atoms with van der Waals surface area (Å²) in [5, 5.41) is 0. The third-order valence-corrected chi connectivity index (χ3v) is 4.71. The van der Waals surface area contributed by atoms with Crippen LogP contribution in [-0.4, -0.2) is 8.42 Å². The van der Waals surface area contributed by atoms with Crippen LogP contribution in [0.2, 0.25) is 0 Å². The Morgan fingerprint density at radius 1 is 1.12 bits per heavy atom. The molecule has 17 heavy (non-hydrogen) atoms. The van der Waals surface area contributed by atoms with Crippen molar-refractivity contribution in [3.63, 3.8) is 0 Å². The van der Waals surface area contributed by atoms with Crippen LogP contribution < -0.4 is 0 Å². The SMILES string of the molecule is CC1(C)C=CC(S(=O)(=O)c2ccccc2)=CC1. The zero-order valence-electron chi connectivity index (χ0n) is 10.1. The van der Waals surface area contributed by atoms with E-state index in [1.807, 2.05) is 18.2 Å². The van der Waals surface area contributed by atoms with Crippen LogP contribution in [0, 0.1) is 5.41 Å². The molecule has 0 N–H and O–H groups in total. The monoisotopic (exact) mass is 248 g/mol. The van der Waals surface area contributed by atoms with E-state index >= 15 is 0 Å². The number of allylic oxidation sites excluding steroid dienone is 3. The molecule has 0 aliphatic heterocycles.